The number of nitrogens with one attached hydrogen (secondary N) is 1. The first-order valence-corrected chi connectivity index (χ1v) is 8.38. The van der Waals surface area contributed by atoms with Gasteiger partial charge in [0, 0.05) is 33.7 Å². The van der Waals surface area contributed by atoms with Crippen LogP contribution in [-0.4, -0.2) is 74.2 Å². The van der Waals surface area contributed by atoms with Gasteiger partial charge in [0.1, 0.15) is 0 Å². The van der Waals surface area contributed by atoms with Crippen molar-refractivity contribution >= 4 is 22.0 Å². The lowest BCUT2D eigenvalue weighted by molar-refractivity contribution is -0.141. The molecule has 0 aliphatic carbocycles. The van der Waals surface area contributed by atoms with Crippen molar-refractivity contribution < 1.29 is 23.1 Å². The molecule has 0 rings (SSSR count). The Morgan fingerprint density at radius 2 is 1.86 bits per heavy atom. The minimum atomic E-state index is -3.20. The fraction of sp³-hybridized carbons (Fsp3) is 0.833. The van der Waals surface area contributed by atoms with Gasteiger partial charge in [-0.05, 0) is 13.3 Å². The molecule has 2 N–H and O–H groups in total. The smallest absolute Gasteiger partial charge is 0.317 e. The number of hydrogen-bond acceptors (Lipinski definition) is 4. The van der Waals surface area contributed by atoms with Crippen LogP contribution in [-0.2, 0) is 14.8 Å². The summed E-state index contributed by atoms with van der Waals surface area (Å²) in [5.41, 5.74) is 0. The largest absolute Gasteiger partial charge is 0.481 e. The third-order valence-corrected chi connectivity index (χ3v) is 4.94. The first kappa shape index (κ1) is 19.7. The number of aliphatic carboxylic acids is 1. The van der Waals surface area contributed by atoms with E-state index in [9.17, 15) is 18.0 Å². The molecule has 0 spiro atoms. The number of urea groups is 1. The minimum absolute atomic E-state index is 0.0473. The first-order valence-electron chi connectivity index (χ1n) is 6.77. The highest BCUT2D eigenvalue weighted by molar-refractivity contribution is 7.89. The quantitative estimate of drug-likeness (QED) is 0.582. The van der Waals surface area contributed by atoms with E-state index in [2.05, 4.69) is 5.32 Å². The summed E-state index contributed by atoms with van der Waals surface area (Å²) < 4.78 is 24.3. The highest BCUT2D eigenvalue weighted by Gasteiger charge is 2.17. The van der Waals surface area contributed by atoms with Crippen LogP contribution in [0.25, 0.3) is 0 Å². The van der Waals surface area contributed by atoms with Crippen LogP contribution in [0.3, 0.4) is 0 Å². The Morgan fingerprint density at radius 3 is 2.33 bits per heavy atom. The van der Waals surface area contributed by atoms with E-state index in [0.717, 1.165) is 0 Å². The Balaban J connectivity index is 4.02. The molecule has 0 heterocycles. The molecule has 0 aliphatic rings. The number of nitrogens with zero attached hydrogens (tertiary/aromatic N) is 2. The number of carbonyl (C=O) groups excluding carboxylic acids is 1. The maximum absolute atomic E-state index is 11.7. The molecule has 8 nitrogen and oxygen atoms in total. The predicted octanol–water partition coefficient (Wildman–Crippen LogP) is 0.0201. The second-order valence-electron chi connectivity index (χ2n) is 4.93. The summed E-state index contributed by atoms with van der Waals surface area (Å²) in [5.74, 6) is -1.55. The van der Waals surface area contributed by atoms with Crippen LogP contribution in [0.1, 0.15) is 20.3 Å². The molecule has 0 fully saturated rings. The molecule has 21 heavy (non-hydrogen) atoms. The van der Waals surface area contributed by atoms with E-state index in [-0.39, 0.29) is 18.3 Å². The van der Waals surface area contributed by atoms with Gasteiger partial charge in [-0.15, -0.1) is 0 Å². The van der Waals surface area contributed by atoms with Crippen molar-refractivity contribution in [2.45, 2.75) is 20.3 Å². The van der Waals surface area contributed by atoms with Crippen LogP contribution in [0.15, 0.2) is 0 Å². The molecule has 124 valence electrons. The zero-order valence-corrected chi connectivity index (χ0v) is 13.8. The van der Waals surface area contributed by atoms with Crippen LogP contribution < -0.4 is 5.32 Å². The molecule has 0 aliphatic heterocycles. The van der Waals surface area contributed by atoms with Gasteiger partial charge in [0.2, 0.25) is 10.0 Å². The van der Waals surface area contributed by atoms with Gasteiger partial charge in [-0.3, -0.25) is 4.79 Å². The van der Waals surface area contributed by atoms with Crippen LogP contribution in [0.2, 0.25) is 0 Å². The Kier molecular flexibility index (Phi) is 8.26. The number of carbonyl (C=O) groups is 2. The van der Waals surface area contributed by atoms with E-state index in [1.165, 1.54) is 30.2 Å². The highest BCUT2D eigenvalue weighted by Crippen LogP contribution is 2.00. The Bertz CT molecular complexity index is 452. The van der Waals surface area contributed by atoms with Gasteiger partial charge in [0.15, 0.2) is 0 Å². The molecule has 0 saturated carbocycles. The van der Waals surface area contributed by atoms with E-state index >= 15 is 0 Å². The second-order valence-corrected chi connectivity index (χ2v) is 7.29. The Labute approximate surface area is 126 Å². The first-order chi connectivity index (χ1) is 9.61. The molecule has 0 saturated heterocycles. The van der Waals surface area contributed by atoms with E-state index in [1.807, 2.05) is 0 Å². The van der Waals surface area contributed by atoms with E-state index in [4.69, 9.17) is 5.11 Å². The molecular formula is C12H25N3O5S. The van der Waals surface area contributed by atoms with E-state index in [0.29, 0.717) is 19.5 Å². The van der Waals surface area contributed by atoms with Crippen LogP contribution in [0.5, 0.6) is 0 Å². The standard InChI is InChI=1S/C12H25N3O5S/c1-5-21(19,20)15(4)8-6-7-13-12(18)14(3)9-10(2)11(16)17/h10H,5-9H2,1-4H3,(H,13,18)(H,16,17). The molecule has 0 radical (unpaired) electrons. The van der Waals surface area contributed by atoms with Gasteiger partial charge in [0.05, 0.1) is 11.7 Å². The molecule has 1 unspecified atom stereocenters. The van der Waals surface area contributed by atoms with Crippen LogP contribution in [0, 0.1) is 5.92 Å². The molecule has 2 amide bonds. The average molecular weight is 323 g/mol. The normalized spacial score (nSPS) is 13.0. The number of rotatable bonds is 9. The summed E-state index contributed by atoms with van der Waals surface area (Å²) in [5, 5.41) is 11.4. The van der Waals surface area contributed by atoms with Gasteiger partial charge >= 0.3 is 12.0 Å². The zero-order chi connectivity index (χ0) is 16.6. The molecule has 9 heteroatoms. The number of sulfonamides is 1. The van der Waals surface area contributed by atoms with Crippen molar-refractivity contribution in [1.82, 2.24) is 14.5 Å². The third-order valence-electron chi connectivity index (χ3n) is 3.08. The highest BCUT2D eigenvalue weighted by atomic mass is 32.2. The number of amides is 2. The van der Waals surface area contributed by atoms with Crippen molar-refractivity contribution in [2.75, 3.05) is 39.5 Å². The SMILES string of the molecule is CCS(=O)(=O)N(C)CCCNC(=O)N(C)CC(C)C(=O)O. The van der Waals surface area contributed by atoms with E-state index in [1.54, 1.807) is 6.92 Å². The zero-order valence-electron chi connectivity index (χ0n) is 13.0. The summed E-state index contributed by atoms with van der Waals surface area (Å²) in [7, 11) is -0.178. The number of carboxylic acid groups (broad SMARTS) is 1. The van der Waals surface area contributed by atoms with Crippen molar-refractivity contribution in [3.63, 3.8) is 0 Å². The Hall–Kier alpha value is -1.35. The Morgan fingerprint density at radius 1 is 1.29 bits per heavy atom. The summed E-state index contributed by atoms with van der Waals surface area (Å²) in [4.78, 5) is 23.7. The molecule has 0 aromatic carbocycles. The van der Waals surface area contributed by atoms with Crippen LogP contribution in [0.4, 0.5) is 4.79 Å². The fourth-order valence-electron chi connectivity index (χ4n) is 1.56. The topological polar surface area (TPSA) is 107 Å². The number of hydrogen-bond donors (Lipinski definition) is 2. The van der Waals surface area contributed by atoms with E-state index < -0.39 is 21.9 Å². The third kappa shape index (κ3) is 7.28. The van der Waals surface area contributed by atoms with Gasteiger partial charge < -0.3 is 15.3 Å². The molecule has 0 aromatic rings. The molecule has 1 atom stereocenters. The van der Waals surface area contributed by atoms with Crippen molar-refractivity contribution in [3.8, 4) is 0 Å². The predicted molar refractivity (Wildman–Crippen MR) is 79.5 cm³/mol. The maximum atomic E-state index is 11.7. The molecule has 0 aromatic heterocycles. The fourth-order valence-corrected chi connectivity index (χ4v) is 2.41. The minimum Gasteiger partial charge on any atom is -0.481 e. The lowest BCUT2D eigenvalue weighted by Crippen LogP contribution is -2.41. The monoisotopic (exact) mass is 323 g/mol. The lowest BCUT2D eigenvalue weighted by Gasteiger charge is -2.20. The summed E-state index contributed by atoms with van der Waals surface area (Å²) in [6, 6.07) is -0.371. The van der Waals surface area contributed by atoms with Gasteiger partial charge in [-0.25, -0.2) is 17.5 Å². The van der Waals surface area contributed by atoms with Crippen molar-refractivity contribution in [2.24, 2.45) is 5.92 Å². The van der Waals surface area contributed by atoms with Crippen molar-refractivity contribution in [3.05, 3.63) is 0 Å². The van der Waals surface area contributed by atoms with Gasteiger partial charge in [-0.2, -0.15) is 0 Å². The lowest BCUT2D eigenvalue weighted by atomic mass is 10.2. The maximum Gasteiger partial charge on any atom is 0.317 e. The van der Waals surface area contributed by atoms with Crippen LogP contribution >= 0.6 is 0 Å². The summed E-state index contributed by atoms with van der Waals surface area (Å²) >= 11 is 0. The molecular weight excluding hydrogens is 298 g/mol. The number of carboxylic acids is 1. The second kappa shape index (κ2) is 8.83. The summed E-state index contributed by atoms with van der Waals surface area (Å²) in [6.45, 7) is 3.87. The average Bonchev–Trinajstić information content (AvgIpc) is 2.42. The van der Waals surface area contributed by atoms with Gasteiger partial charge in [-0.1, -0.05) is 6.92 Å². The summed E-state index contributed by atoms with van der Waals surface area (Å²) in [6.07, 6.45) is 0.490. The molecule has 0 bridgehead atoms. The van der Waals surface area contributed by atoms with Crippen molar-refractivity contribution in [1.29, 1.82) is 0 Å². The van der Waals surface area contributed by atoms with Gasteiger partial charge in [0.25, 0.3) is 0 Å².